The van der Waals surface area contributed by atoms with E-state index in [1.54, 1.807) is 38.5 Å². The zero-order chi connectivity index (χ0) is 16.1. The average molecular weight is 296 g/mol. The van der Waals surface area contributed by atoms with Gasteiger partial charge in [0.2, 0.25) is 0 Å². The standard InChI is InChI=1S/C19H20O3/c1-13-5-6-15(14(2)11-13)7-9-18(20)17-12-16(21-3)8-10-19(17)22-4/h5-12H,1-4H3/b9-7+. The van der Waals surface area contributed by atoms with Gasteiger partial charge in [0.15, 0.2) is 5.78 Å². The first-order chi connectivity index (χ1) is 10.5. The molecule has 0 aliphatic carbocycles. The molecule has 0 saturated carbocycles. The Labute approximate surface area is 131 Å². The van der Waals surface area contributed by atoms with Crippen molar-refractivity contribution in [3.8, 4) is 11.5 Å². The Morgan fingerprint density at radius 1 is 1.00 bits per heavy atom. The molecule has 0 atom stereocenters. The van der Waals surface area contributed by atoms with E-state index in [0.717, 1.165) is 11.1 Å². The minimum absolute atomic E-state index is 0.115. The summed E-state index contributed by atoms with van der Waals surface area (Å²) in [6.07, 6.45) is 3.39. The minimum Gasteiger partial charge on any atom is -0.497 e. The average Bonchev–Trinajstić information content (AvgIpc) is 2.53. The monoisotopic (exact) mass is 296 g/mol. The van der Waals surface area contributed by atoms with Crippen molar-refractivity contribution in [2.45, 2.75) is 13.8 Å². The summed E-state index contributed by atoms with van der Waals surface area (Å²) in [5.74, 6) is 1.05. The van der Waals surface area contributed by atoms with E-state index in [4.69, 9.17) is 9.47 Å². The van der Waals surface area contributed by atoms with E-state index in [1.165, 1.54) is 5.56 Å². The highest BCUT2D eigenvalue weighted by molar-refractivity contribution is 6.09. The van der Waals surface area contributed by atoms with E-state index in [2.05, 4.69) is 6.07 Å². The zero-order valence-corrected chi connectivity index (χ0v) is 13.3. The molecule has 0 saturated heterocycles. The van der Waals surface area contributed by atoms with Crippen molar-refractivity contribution in [1.29, 1.82) is 0 Å². The van der Waals surface area contributed by atoms with Gasteiger partial charge in [0, 0.05) is 0 Å². The Bertz CT molecular complexity index is 715. The summed E-state index contributed by atoms with van der Waals surface area (Å²) in [4.78, 5) is 12.4. The van der Waals surface area contributed by atoms with E-state index in [-0.39, 0.29) is 5.78 Å². The van der Waals surface area contributed by atoms with Gasteiger partial charge in [-0.2, -0.15) is 0 Å². The summed E-state index contributed by atoms with van der Waals surface area (Å²) >= 11 is 0. The van der Waals surface area contributed by atoms with E-state index in [1.807, 2.05) is 32.1 Å². The number of ether oxygens (including phenoxy) is 2. The molecule has 3 heteroatoms. The summed E-state index contributed by atoms with van der Waals surface area (Å²) in [5.41, 5.74) is 3.86. The molecule has 2 rings (SSSR count). The van der Waals surface area contributed by atoms with Gasteiger partial charge in [-0.25, -0.2) is 0 Å². The van der Waals surface area contributed by atoms with Gasteiger partial charge in [-0.3, -0.25) is 4.79 Å². The number of ketones is 1. The molecule has 0 unspecified atom stereocenters. The first-order valence-corrected chi connectivity index (χ1v) is 7.07. The Morgan fingerprint density at radius 3 is 2.41 bits per heavy atom. The molecule has 114 valence electrons. The molecule has 0 aliphatic heterocycles. The predicted octanol–water partition coefficient (Wildman–Crippen LogP) is 4.22. The van der Waals surface area contributed by atoms with Crippen molar-refractivity contribution >= 4 is 11.9 Å². The molecule has 0 aliphatic rings. The molecule has 3 nitrogen and oxygen atoms in total. The molecule has 22 heavy (non-hydrogen) atoms. The first kappa shape index (κ1) is 15.8. The highest BCUT2D eigenvalue weighted by Gasteiger charge is 2.11. The van der Waals surface area contributed by atoms with Crippen LogP contribution < -0.4 is 9.47 Å². The summed E-state index contributed by atoms with van der Waals surface area (Å²) in [6.45, 7) is 4.08. The van der Waals surface area contributed by atoms with Crippen molar-refractivity contribution in [1.82, 2.24) is 0 Å². The smallest absolute Gasteiger partial charge is 0.189 e. The number of hydrogen-bond acceptors (Lipinski definition) is 3. The van der Waals surface area contributed by atoms with Crippen LogP contribution in [0.1, 0.15) is 27.0 Å². The van der Waals surface area contributed by atoms with E-state index >= 15 is 0 Å². The maximum Gasteiger partial charge on any atom is 0.189 e. The first-order valence-electron chi connectivity index (χ1n) is 7.07. The van der Waals surface area contributed by atoms with Gasteiger partial charge in [-0.1, -0.05) is 29.8 Å². The Hall–Kier alpha value is -2.55. The summed E-state index contributed by atoms with van der Waals surface area (Å²) < 4.78 is 10.4. The molecule has 2 aromatic rings. The van der Waals surface area contributed by atoms with Crippen molar-refractivity contribution in [2.24, 2.45) is 0 Å². The third kappa shape index (κ3) is 3.55. The molecule has 0 heterocycles. The molecule has 0 N–H and O–H groups in total. The molecular formula is C19H20O3. The number of aryl methyl sites for hydroxylation is 2. The maximum atomic E-state index is 12.4. The van der Waals surface area contributed by atoms with Gasteiger partial charge in [0.1, 0.15) is 11.5 Å². The molecule has 0 bridgehead atoms. The topological polar surface area (TPSA) is 35.5 Å². The highest BCUT2D eigenvalue weighted by Crippen LogP contribution is 2.25. The molecule has 0 amide bonds. The van der Waals surface area contributed by atoms with Crippen molar-refractivity contribution in [3.63, 3.8) is 0 Å². The number of carbonyl (C=O) groups is 1. The van der Waals surface area contributed by atoms with Crippen LogP contribution in [0, 0.1) is 13.8 Å². The largest absolute Gasteiger partial charge is 0.497 e. The fourth-order valence-electron chi connectivity index (χ4n) is 2.27. The SMILES string of the molecule is COc1ccc(OC)c(C(=O)/C=C/c2ccc(C)cc2C)c1. The third-order valence-corrected chi connectivity index (χ3v) is 3.51. The lowest BCUT2D eigenvalue weighted by atomic mass is 10.0. The molecule has 0 aromatic heterocycles. The van der Waals surface area contributed by atoms with Crippen LogP contribution in [0.25, 0.3) is 6.08 Å². The van der Waals surface area contributed by atoms with Crippen LogP contribution >= 0.6 is 0 Å². The van der Waals surface area contributed by atoms with E-state index in [0.29, 0.717) is 17.1 Å². The Kier molecular flexibility index (Phi) is 4.99. The third-order valence-electron chi connectivity index (χ3n) is 3.51. The summed E-state index contributed by atoms with van der Waals surface area (Å²) in [5, 5.41) is 0. The van der Waals surface area contributed by atoms with Gasteiger partial charge < -0.3 is 9.47 Å². The van der Waals surface area contributed by atoms with Crippen molar-refractivity contribution in [3.05, 3.63) is 64.7 Å². The number of hydrogen-bond donors (Lipinski definition) is 0. The highest BCUT2D eigenvalue weighted by atomic mass is 16.5. The lowest BCUT2D eigenvalue weighted by molar-refractivity contribution is 0.104. The van der Waals surface area contributed by atoms with Gasteiger partial charge in [0.25, 0.3) is 0 Å². The number of rotatable bonds is 5. The van der Waals surface area contributed by atoms with E-state index in [9.17, 15) is 4.79 Å². The molecule has 0 fully saturated rings. The van der Waals surface area contributed by atoms with E-state index < -0.39 is 0 Å². The Morgan fingerprint density at radius 2 is 1.77 bits per heavy atom. The second kappa shape index (κ2) is 6.94. The van der Waals surface area contributed by atoms with Crippen LogP contribution in [0.5, 0.6) is 11.5 Å². The molecule has 0 radical (unpaired) electrons. The van der Waals surface area contributed by atoms with Gasteiger partial charge in [-0.05, 0) is 49.2 Å². The fourth-order valence-corrected chi connectivity index (χ4v) is 2.27. The molecule has 2 aromatic carbocycles. The fraction of sp³-hybridized carbons (Fsp3) is 0.211. The van der Waals surface area contributed by atoms with Crippen molar-refractivity contribution < 1.29 is 14.3 Å². The molecular weight excluding hydrogens is 276 g/mol. The van der Waals surface area contributed by atoms with Crippen LogP contribution in [0.3, 0.4) is 0 Å². The predicted molar refractivity (Wildman–Crippen MR) is 88.8 cm³/mol. The van der Waals surface area contributed by atoms with Crippen molar-refractivity contribution in [2.75, 3.05) is 14.2 Å². The second-order valence-corrected chi connectivity index (χ2v) is 5.12. The van der Waals surface area contributed by atoms with Crippen LogP contribution in [0.15, 0.2) is 42.5 Å². The maximum absolute atomic E-state index is 12.4. The quantitative estimate of drug-likeness (QED) is 0.612. The van der Waals surface area contributed by atoms with Crippen LogP contribution in [-0.4, -0.2) is 20.0 Å². The van der Waals surface area contributed by atoms with Crippen LogP contribution in [0.2, 0.25) is 0 Å². The number of benzene rings is 2. The lowest BCUT2D eigenvalue weighted by Crippen LogP contribution is -2.00. The molecule has 0 spiro atoms. The van der Waals surface area contributed by atoms with Crippen LogP contribution in [0.4, 0.5) is 0 Å². The zero-order valence-electron chi connectivity index (χ0n) is 13.3. The second-order valence-electron chi connectivity index (χ2n) is 5.12. The number of allylic oxidation sites excluding steroid dienone is 1. The Balaban J connectivity index is 2.30. The summed E-state index contributed by atoms with van der Waals surface area (Å²) in [6, 6.07) is 11.3. The lowest BCUT2D eigenvalue weighted by Gasteiger charge is -2.08. The number of carbonyl (C=O) groups excluding carboxylic acids is 1. The summed E-state index contributed by atoms with van der Waals surface area (Å²) in [7, 11) is 3.12. The van der Waals surface area contributed by atoms with Crippen LogP contribution in [-0.2, 0) is 0 Å². The van der Waals surface area contributed by atoms with Gasteiger partial charge in [-0.15, -0.1) is 0 Å². The number of methoxy groups -OCH3 is 2. The minimum atomic E-state index is -0.115. The van der Waals surface area contributed by atoms with Gasteiger partial charge in [0.05, 0.1) is 19.8 Å². The van der Waals surface area contributed by atoms with Gasteiger partial charge >= 0.3 is 0 Å². The normalized spacial score (nSPS) is 10.7.